The fourth-order valence-electron chi connectivity index (χ4n) is 3.22. The Morgan fingerprint density at radius 1 is 1.14 bits per heavy atom. The van der Waals surface area contributed by atoms with Crippen LogP contribution in [-0.2, 0) is 17.9 Å². The van der Waals surface area contributed by atoms with Crippen molar-refractivity contribution in [3.05, 3.63) is 58.4 Å². The van der Waals surface area contributed by atoms with Gasteiger partial charge in [-0.15, -0.1) is 0 Å². The second kappa shape index (κ2) is 11.4. The number of halogens is 2. The number of benzene rings is 2. The Morgan fingerprint density at radius 2 is 1.97 bits per heavy atom. The van der Waals surface area contributed by atoms with E-state index in [0.29, 0.717) is 16.5 Å². The number of nitrogens with zero attached hydrogens (tertiary/aromatic N) is 1. The zero-order valence-corrected chi connectivity index (χ0v) is 17.5. The molecular formula is C22H28ClFN2O3. The van der Waals surface area contributed by atoms with Crippen molar-refractivity contribution in [1.29, 1.82) is 0 Å². The number of rotatable bonds is 10. The highest BCUT2D eigenvalue weighted by Gasteiger charge is 2.10. The second-order valence-corrected chi connectivity index (χ2v) is 7.40. The van der Waals surface area contributed by atoms with Crippen molar-refractivity contribution in [3.8, 4) is 11.5 Å². The van der Waals surface area contributed by atoms with Crippen molar-refractivity contribution in [3.63, 3.8) is 0 Å². The molecule has 1 heterocycles. The molecule has 0 aromatic heterocycles. The summed E-state index contributed by atoms with van der Waals surface area (Å²) < 4.78 is 29.8. The SMILES string of the molecule is COc1cc(CNCCCN2CCOCC2)ccc1OCc1ccc(F)cc1Cl. The van der Waals surface area contributed by atoms with Crippen LogP contribution in [-0.4, -0.2) is 51.4 Å². The first-order chi connectivity index (χ1) is 14.2. The van der Waals surface area contributed by atoms with Crippen LogP contribution in [0.5, 0.6) is 11.5 Å². The fraction of sp³-hybridized carbons (Fsp3) is 0.455. The minimum atomic E-state index is -0.363. The van der Waals surface area contributed by atoms with Gasteiger partial charge in [-0.2, -0.15) is 0 Å². The molecule has 1 aliphatic heterocycles. The van der Waals surface area contributed by atoms with Crippen LogP contribution in [0.15, 0.2) is 36.4 Å². The minimum Gasteiger partial charge on any atom is -0.493 e. The van der Waals surface area contributed by atoms with Gasteiger partial charge in [0.1, 0.15) is 12.4 Å². The van der Waals surface area contributed by atoms with Gasteiger partial charge in [0.2, 0.25) is 0 Å². The largest absolute Gasteiger partial charge is 0.493 e. The van der Waals surface area contributed by atoms with E-state index in [0.717, 1.165) is 63.5 Å². The third kappa shape index (κ3) is 6.85. The molecule has 0 spiro atoms. The number of hydrogen-bond acceptors (Lipinski definition) is 5. The van der Waals surface area contributed by atoms with Gasteiger partial charge in [-0.05, 0) is 49.3 Å². The van der Waals surface area contributed by atoms with Crippen molar-refractivity contribution in [1.82, 2.24) is 10.2 Å². The summed E-state index contributed by atoms with van der Waals surface area (Å²) in [6.07, 6.45) is 1.11. The van der Waals surface area contributed by atoms with Crippen LogP contribution in [0.1, 0.15) is 17.5 Å². The normalized spacial score (nSPS) is 14.7. The van der Waals surface area contributed by atoms with Crippen molar-refractivity contribution < 1.29 is 18.6 Å². The number of ether oxygens (including phenoxy) is 3. The summed E-state index contributed by atoms with van der Waals surface area (Å²) in [5.74, 6) is 0.929. The minimum absolute atomic E-state index is 0.245. The quantitative estimate of drug-likeness (QED) is 0.588. The number of methoxy groups -OCH3 is 1. The van der Waals surface area contributed by atoms with Crippen LogP contribution in [0.2, 0.25) is 5.02 Å². The average molecular weight is 423 g/mol. The lowest BCUT2D eigenvalue weighted by Crippen LogP contribution is -2.37. The van der Waals surface area contributed by atoms with Gasteiger partial charge in [0.15, 0.2) is 11.5 Å². The number of hydrogen-bond donors (Lipinski definition) is 1. The van der Waals surface area contributed by atoms with Crippen molar-refractivity contribution >= 4 is 11.6 Å². The topological polar surface area (TPSA) is 43.0 Å². The highest BCUT2D eigenvalue weighted by Crippen LogP contribution is 2.29. The van der Waals surface area contributed by atoms with E-state index in [1.165, 1.54) is 12.1 Å². The van der Waals surface area contributed by atoms with E-state index in [9.17, 15) is 4.39 Å². The number of morpholine rings is 1. The van der Waals surface area contributed by atoms with Gasteiger partial charge < -0.3 is 19.5 Å². The summed E-state index contributed by atoms with van der Waals surface area (Å²) in [5.41, 5.74) is 1.85. The van der Waals surface area contributed by atoms with Gasteiger partial charge in [0, 0.05) is 25.2 Å². The van der Waals surface area contributed by atoms with E-state index in [-0.39, 0.29) is 12.4 Å². The van der Waals surface area contributed by atoms with Crippen LogP contribution in [0, 0.1) is 5.82 Å². The van der Waals surface area contributed by atoms with Crippen molar-refractivity contribution in [2.24, 2.45) is 0 Å². The van der Waals surface area contributed by atoms with Crippen LogP contribution < -0.4 is 14.8 Å². The van der Waals surface area contributed by atoms with E-state index < -0.39 is 0 Å². The van der Waals surface area contributed by atoms with Gasteiger partial charge in [-0.1, -0.05) is 23.7 Å². The maximum absolute atomic E-state index is 13.2. The van der Waals surface area contributed by atoms with Crippen LogP contribution >= 0.6 is 11.6 Å². The summed E-state index contributed by atoms with van der Waals surface area (Å²) in [4.78, 5) is 2.44. The predicted molar refractivity (Wildman–Crippen MR) is 112 cm³/mol. The molecule has 29 heavy (non-hydrogen) atoms. The van der Waals surface area contributed by atoms with Gasteiger partial charge in [0.05, 0.1) is 25.3 Å². The summed E-state index contributed by atoms with van der Waals surface area (Å²) in [6.45, 7) is 6.81. The Morgan fingerprint density at radius 3 is 2.72 bits per heavy atom. The zero-order valence-electron chi connectivity index (χ0n) is 16.8. The molecule has 1 fully saturated rings. The van der Waals surface area contributed by atoms with E-state index in [1.807, 2.05) is 18.2 Å². The summed E-state index contributed by atoms with van der Waals surface area (Å²) >= 11 is 6.06. The zero-order chi connectivity index (χ0) is 20.5. The molecular weight excluding hydrogens is 395 g/mol. The van der Waals surface area contributed by atoms with Gasteiger partial charge in [-0.3, -0.25) is 4.90 Å². The maximum Gasteiger partial charge on any atom is 0.161 e. The van der Waals surface area contributed by atoms with E-state index in [2.05, 4.69) is 10.2 Å². The Hall–Kier alpha value is -1.86. The molecule has 2 aromatic rings. The summed E-state index contributed by atoms with van der Waals surface area (Å²) in [6, 6.07) is 10.1. The molecule has 3 rings (SSSR count). The fourth-order valence-corrected chi connectivity index (χ4v) is 3.44. The molecule has 0 aliphatic carbocycles. The molecule has 2 aromatic carbocycles. The molecule has 0 unspecified atom stereocenters. The summed E-state index contributed by atoms with van der Waals surface area (Å²) in [7, 11) is 1.62. The predicted octanol–water partition coefficient (Wildman–Crippen LogP) is 3.88. The van der Waals surface area contributed by atoms with E-state index in [1.54, 1.807) is 13.2 Å². The first-order valence-electron chi connectivity index (χ1n) is 9.90. The third-order valence-corrected chi connectivity index (χ3v) is 5.24. The molecule has 0 amide bonds. The van der Waals surface area contributed by atoms with Gasteiger partial charge in [0.25, 0.3) is 0 Å². The van der Waals surface area contributed by atoms with Crippen molar-refractivity contribution in [2.75, 3.05) is 46.5 Å². The van der Waals surface area contributed by atoms with Gasteiger partial charge in [-0.25, -0.2) is 4.39 Å². The Balaban J connectivity index is 1.45. The first kappa shape index (κ1) is 21.8. The van der Waals surface area contributed by atoms with Gasteiger partial charge >= 0.3 is 0 Å². The lowest BCUT2D eigenvalue weighted by molar-refractivity contribution is 0.0374. The van der Waals surface area contributed by atoms with Crippen molar-refractivity contribution in [2.45, 2.75) is 19.6 Å². The Labute approximate surface area is 176 Å². The molecule has 0 saturated carbocycles. The van der Waals surface area contributed by atoms with Crippen LogP contribution in [0.4, 0.5) is 4.39 Å². The molecule has 1 aliphatic rings. The Bertz CT molecular complexity index is 785. The van der Waals surface area contributed by atoms with E-state index >= 15 is 0 Å². The van der Waals surface area contributed by atoms with E-state index in [4.69, 9.17) is 25.8 Å². The molecule has 5 nitrogen and oxygen atoms in total. The van der Waals surface area contributed by atoms with Crippen LogP contribution in [0.3, 0.4) is 0 Å². The Kier molecular flexibility index (Phi) is 8.55. The third-order valence-electron chi connectivity index (χ3n) is 4.89. The highest BCUT2D eigenvalue weighted by atomic mass is 35.5. The lowest BCUT2D eigenvalue weighted by atomic mass is 10.2. The molecule has 158 valence electrons. The molecule has 0 atom stereocenters. The van der Waals surface area contributed by atoms with Crippen LogP contribution in [0.25, 0.3) is 0 Å². The number of nitrogens with one attached hydrogen (secondary N) is 1. The lowest BCUT2D eigenvalue weighted by Gasteiger charge is -2.26. The second-order valence-electron chi connectivity index (χ2n) is 6.99. The molecule has 1 saturated heterocycles. The highest BCUT2D eigenvalue weighted by molar-refractivity contribution is 6.31. The molecule has 1 N–H and O–H groups in total. The smallest absolute Gasteiger partial charge is 0.161 e. The average Bonchev–Trinajstić information content (AvgIpc) is 2.74. The molecule has 7 heteroatoms. The molecule has 0 bridgehead atoms. The standard InChI is InChI=1S/C22H28ClFN2O3/c1-27-22-13-17(15-25-7-2-8-26-9-11-28-12-10-26)3-6-21(22)29-16-18-4-5-19(24)14-20(18)23/h3-6,13-14,25H,2,7-12,15-16H2,1H3. The maximum atomic E-state index is 13.2. The monoisotopic (exact) mass is 422 g/mol. The molecule has 0 radical (unpaired) electrons. The summed E-state index contributed by atoms with van der Waals surface area (Å²) in [5, 5.41) is 3.82. The first-order valence-corrected chi connectivity index (χ1v) is 10.3.